The Labute approximate surface area is 165 Å². The van der Waals surface area contributed by atoms with Crippen molar-refractivity contribution in [2.75, 3.05) is 40.3 Å². The van der Waals surface area contributed by atoms with E-state index >= 15 is 0 Å². The molecule has 0 spiro atoms. The first-order chi connectivity index (χ1) is 13.3. The van der Waals surface area contributed by atoms with Gasteiger partial charge in [0.05, 0.1) is 4.90 Å². The summed E-state index contributed by atoms with van der Waals surface area (Å²) in [7, 11) is -0.0458. The number of piperazine rings is 1. The van der Waals surface area contributed by atoms with Crippen molar-refractivity contribution in [3.05, 3.63) is 65.5 Å². The Hall–Kier alpha value is -2.29. The van der Waals surface area contributed by atoms with Gasteiger partial charge in [0, 0.05) is 45.3 Å². The molecule has 0 atom stereocenters. The molecule has 0 aliphatic carbocycles. The number of benzene rings is 2. The lowest BCUT2D eigenvalue weighted by atomic mass is 10.1. The van der Waals surface area contributed by atoms with Gasteiger partial charge in [-0.15, -0.1) is 0 Å². The summed E-state index contributed by atoms with van der Waals surface area (Å²) in [5.74, 6) is -0.626. The van der Waals surface area contributed by atoms with Crippen molar-refractivity contribution >= 4 is 15.9 Å². The lowest BCUT2D eigenvalue weighted by Gasteiger charge is -2.31. The topological polar surface area (TPSA) is 60.9 Å². The van der Waals surface area contributed by atoms with Crippen LogP contribution < -0.4 is 0 Å². The van der Waals surface area contributed by atoms with Gasteiger partial charge >= 0.3 is 0 Å². The van der Waals surface area contributed by atoms with E-state index < -0.39 is 10.0 Å². The van der Waals surface area contributed by atoms with Crippen LogP contribution >= 0.6 is 0 Å². The largest absolute Gasteiger partial charge is 0.337 e. The average molecular weight is 405 g/mol. The summed E-state index contributed by atoms with van der Waals surface area (Å²) < 4.78 is 40.3. The highest BCUT2D eigenvalue weighted by Gasteiger charge is 2.28. The zero-order valence-corrected chi connectivity index (χ0v) is 16.8. The lowest BCUT2D eigenvalue weighted by molar-refractivity contribution is 0.0785. The maximum absolute atomic E-state index is 13.0. The number of carbonyl (C=O) groups is 1. The Morgan fingerprint density at radius 2 is 1.71 bits per heavy atom. The molecule has 0 unspecified atom stereocenters. The molecule has 8 heteroatoms. The average Bonchev–Trinajstić information content (AvgIpc) is 2.69. The van der Waals surface area contributed by atoms with Gasteiger partial charge in [-0.1, -0.05) is 18.2 Å². The quantitative estimate of drug-likeness (QED) is 0.764. The van der Waals surface area contributed by atoms with E-state index in [1.165, 1.54) is 33.5 Å². The van der Waals surface area contributed by atoms with Crippen LogP contribution in [0.4, 0.5) is 4.39 Å². The van der Waals surface area contributed by atoms with Crippen LogP contribution in [0, 0.1) is 5.82 Å². The summed E-state index contributed by atoms with van der Waals surface area (Å²) in [4.78, 5) is 16.4. The standard InChI is InChI=1S/C20H24FN3O3S/c1-22-10-12-24(13-11-22)28(26,27)19-5-3-4-17(14-19)20(25)23(2)15-16-6-8-18(21)9-7-16/h3-9,14H,10-13,15H2,1-2H3. The van der Waals surface area contributed by atoms with Crippen LogP contribution in [0.3, 0.4) is 0 Å². The van der Waals surface area contributed by atoms with Crippen molar-refractivity contribution in [2.45, 2.75) is 11.4 Å². The molecule has 1 fully saturated rings. The third-order valence-electron chi connectivity index (χ3n) is 4.86. The summed E-state index contributed by atoms with van der Waals surface area (Å²) in [6.07, 6.45) is 0. The molecule has 28 heavy (non-hydrogen) atoms. The van der Waals surface area contributed by atoms with Crippen LogP contribution in [-0.4, -0.2) is 68.7 Å². The molecule has 0 aromatic heterocycles. The minimum Gasteiger partial charge on any atom is -0.337 e. The van der Waals surface area contributed by atoms with Crippen molar-refractivity contribution in [3.63, 3.8) is 0 Å². The van der Waals surface area contributed by atoms with Gasteiger partial charge in [-0.25, -0.2) is 12.8 Å². The van der Waals surface area contributed by atoms with E-state index in [1.54, 1.807) is 31.3 Å². The Balaban J connectivity index is 1.76. The van der Waals surface area contributed by atoms with Gasteiger partial charge < -0.3 is 9.80 Å². The molecule has 0 radical (unpaired) electrons. The van der Waals surface area contributed by atoms with Crippen LogP contribution in [0.1, 0.15) is 15.9 Å². The van der Waals surface area contributed by atoms with Gasteiger partial charge in [-0.05, 0) is 42.9 Å². The Morgan fingerprint density at radius 3 is 2.36 bits per heavy atom. The van der Waals surface area contributed by atoms with Crippen LogP contribution in [0.15, 0.2) is 53.4 Å². The van der Waals surface area contributed by atoms with Crippen molar-refractivity contribution in [3.8, 4) is 0 Å². The number of likely N-dealkylation sites (N-methyl/N-ethyl adjacent to an activating group) is 1. The van der Waals surface area contributed by atoms with E-state index in [9.17, 15) is 17.6 Å². The van der Waals surface area contributed by atoms with Crippen LogP contribution in [0.5, 0.6) is 0 Å². The fourth-order valence-electron chi connectivity index (χ4n) is 3.12. The summed E-state index contributed by atoms with van der Waals surface area (Å²) in [6, 6.07) is 12.1. The Kier molecular flexibility index (Phi) is 6.12. The first-order valence-electron chi connectivity index (χ1n) is 9.06. The highest BCUT2D eigenvalue weighted by atomic mass is 32.2. The van der Waals surface area contributed by atoms with Gasteiger partial charge in [-0.3, -0.25) is 4.79 Å². The predicted molar refractivity (Wildman–Crippen MR) is 105 cm³/mol. The highest BCUT2D eigenvalue weighted by molar-refractivity contribution is 7.89. The molecule has 1 amide bonds. The maximum Gasteiger partial charge on any atom is 0.253 e. The van der Waals surface area contributed by atoms with Crippen molar-refractivity contribution in [1.29, 1.82) is 0 Å². The van der Waals surface area contributed by atoms with Crippen LogP contribution in [0.2, 0.25) is 0 Å². The number of sulfonamides is 1. The van der Waals surface area contributed by atoms with E-state index in [2.05, 4.69) is 4.90 Å². The first kappa shape index (κ1) is 20.4. The number of halogens is 1. The van der Waals surface area contributed by atoms with Gasteiger partial charge in [-0.2, -0.15) is 4.31 Å². The molecule has 1 heterocycles. The molecule has 1 aliphatic heterocycles. The molecule has 2 aromatic rings. The van der Waals surface area contributed by atoms with Gasteiger partial charge in [0.1, 0.15) is 5.82 Å². The molecule has 3 rings (SSSR count). The maximum atomic E-state index is 13.0. The number of amides is 1. The van der Waals surface area contributed by atoms with Gasteiger partial charge in [0.2, 0.25) is 10.0 Å². The Morgan fingerprint density at radius 1 is 1.07 bits per heavy atom. The smallest absolute Gasteiger partial charge is 0.253 e. The van der Waals surface area contributed by atoms with Gasteiger partial charge in [0.25, 0.3) is 5.91 Å². The zero-order valence-electron chi connectivity index (χ0n) is 16.0. The predicted octanol–water partition coefficient (Wildman–Crippen LogP) is 2.03. The van der Waals surface area contributed by atoms with Crippen molar-refractivity contribution in [2.24, 2.45) is 0 Å². The molecule has 0 bridgehead atoms. The van der Waals surface area contributed by atoms with E-state index in [4.69, 9.17) is 0 Å². The molecule has 2 aromatic carbocycles. The molecule has 0 saturated carbocycles. The molecular formula is C20H24FN3O3S. The second-order valence-corrected chi connectivity index (χ2v) is 8.96. The Bertz CT molecular complexity index is 939. The molecular weight excluding hydrogens is 381 g/mol. The first-order valence-corrected chi connectivity index (χ1v) is 10.5. The van der Waals surface area contributed by atoms with E-state index in [1.807, 2.05) is 7.05 Å². The number of carbonyl (C=O) groups excluding carboxylic acids is 1. The van der Waals surface area contributed by atoms with E-state index in [0.29, 0.717) is 38.3 Å². The summed E-state index contributed by atoms with van der Waals surface area (Å²) in [5, 5.41) is 0. The summed E-state index contributed by atoms with van der Waals surface area (Å²) in [6.45, 7) is 2.52. The molecule has 0 N–H and O–H groups in total. The van der Waals surface area contributed by atoms with Crippen molar-refractivity contribution in [1.82, 2.24) is 14.1 Å². The van der Waals surface area contributed by atoms with Gasteiger partial charge in [0.15, 0.2) is 0 Å². The fourth-order valence-corrected chi connectivity index (χ4v) is 4.59. The highest BCUT2D eigenvalue weighted by Crippen LogP contribution is 2.20. The second kappa shape index (κ2) is 8.38. The number of hydrogen-bond donors (Lipinski definition) is 0. The molecule has 150 valence electrons. The minimum atomic E-state index is -3.64. The van der Waals surface area contributed by atoms with E-state index in [-0.39, 0.29) is 16.6 Å². The van der Waals surface area contributed by atoms with Crippen molar-refractivity contribution < 1.29 is 17.6 Å². The molecule has 1 aliphatic rings. The fraction of sp³-hybridized carbons (Fsp3) is 0.350. The molecule has 1 saturated heterocycles. The number of rotatable bonds is 5. The monoisotopic (exact) mass is 405 g/mol. The van der Waals surface area contributed by atoms with E-state index in [0.717, 1.165) is 5.56 Å². The zero-order chi connectivity index (χ0) is 20.3. The lowest BCUT2D eigenvalue weighted by Crippen LogP contribution is -2.47. The van der Waals surface area contributed by atoms with Crippen LogP contribution in [0.25, 0.3) is 0 Å². The number of nitrogens with zero attached hydrogens (tertiary/aromatic N) is 3. The third-order valence-corrected chi connectivity index (χ3v) is 6.76. The minimum absolute atomic E-state index is 0.123. The van der Waals surface area contributed by atoms with Crippen LogP contribution in [-0.2, 0) is 16.6 Å². The third kappa shape index (κ3) is 4.57. The summed E-state index contributed by atoms with van der Waals surface area (Å²) >= 11 is 0. The second-order valence-electron chi connectivity index (χ2n) is 7.02. The summed E-state index contributed by atoms with van der Waals surface area (Å²) in [5.41, 5.74) is 1.10. The number of hydrogen-bond acceptors (Lipinski definition) is 4. The normalized spacial score (nSPS) is 16.1. The molecule has 6 nitrogen and oxygen atoms in total. The SMILES string of the molecule is CN1CCN(S(=O)(=O)c2cccc(C(=O)N(C)Cc3ccc(F)cc3)c2)CC1.